The number of aromatic nitrogens is 3. The SMILES string of the molecule is CCC(NS(=O)(=O)c1ccc(N)nc1)c1ncc[nH]1. The van der Waals surface area contributed by atoms with E-state index in [2.05, 4.69) is 19.7 Å². The predicted molar refractivity (Wildman–Crippen MR) is 70.6 cm³/mol. The van der Waals surface area contributed by atoms with Gasteiger partial charge < -0.3 is 10.7 Å². The van der Waals surface area contributed by atoms with E-state index in [-0.39, 0.29) is 10.7 Å². The van der Waals surface area contributed by atoms with Gasteiger partial charge in [-0.05, 0) is 18.6 Å². The first kappa shape index (κ1) is 13.5. The molecule has 7 nitrogen and oxygen atoms in total. The second-order valence-electron chi connectivity index (χ2n) is 3.98. The number of rotatable bonds is 5. The lowest BCUT2D eigenvalue weighted by atomic mass is 10.2. The molecule has 0 aliphatic carbocycles. The number of aromatic amines is 1. The van der Waals surface area contributed by atoms with Crippen LogP contribution in [0.1, 0.15) is 25.2 Å². The molecule has 102 valence electrons. The number of nitrogens with one attached hydrogen (secondary N) is 2. The predicted octanol–water partition coefficient (Wildman–Crippen LogP) is 0.816. The second kappa shape index (κ2) is 5.37. The lowest BCUT2D eigenvalue weighted by molar-refractivity contribution is 0.539. The summed E-state index contributed by atoms with van der Waals surface area (Å²) in [6, 6.07) is 2.46. The number of anilines is 1. The minimum absolute atomic E-state index is 0.0757. The first-order chi connectivity index (χ1) is 9.03. The van der Waals surface area contributed by atoms with Crippen LogP contribution < -0.4 is 10.5 Å². The summed E-state index contributed by atoms with van der Waals surface area (Å²) in [4.78, 5) is 10.8. The lowest BCUT2D eigenvalue weighted by Gasteiger charge is -2.14. The molecule has 2 heterocycles. The Morgan fingerprint density at radius 3 is 2.74 bits per heavy atom. The van der Waals surface area contributed by atoms with Crippen molar-refractivity contribution in [2.75, 3.05) is 5.73 Å². The number of nitrogens with zero attached hydrogens (tertiary/aromatic N) is 2. The van der Waals surface area contributed by atoms with Crippen LogP contribution in [0.2, 0.25) is 0 Å². The van der Waals surface area contributed by atoms with Crippen molar-refractivity contribution in [3.05, 3.63) is 36.5 Å². The lowest BCUT2D eigenvalue weighted by Crippen LogP contribution is -2.29. The van der Waals surface area contributed by atoms with Crippen LogP contribution in [0.25, 0.3) is 0 Å². The number of nitrogen functional groups attached to an aromatic ring is 1. The van der Waals surface area contributed by atoms with Gasteiger partial charge in [0.1, 0.15) is 16.5 Å². The molecule has 0 saturated carbocycles. The van der Waals surface area contributed by atoms with Crippen molar-refractivity contribution in [1.29, 1.82) is 0 Å². The van der Waals surface area contributed by atoms with Crippen molar-refractivity contribution in [3.63, 3.8) is 0 Å². The largest absolute Gasteiger partial charge is 0.384 e. The Balaban J connectivity index is 2.23. The van der Waals surface area contributed by atoms with Crippen LogP contribution in [0.3, 0.4) is 0 Å². The molecule has 2 aromatic rings. The van der Waals surface area contributed by atoms with Crippen LogP contribution in [-0.2, 0) is 10.0 Å². The average molecular weight is 281 g/mol. The Morgan fingerprint density at radius 1 is 1.42 bits per heavy atom. The highest BCUT2D eigenvalue weighted by Crippen LogP contribution is 2.17. The van der Waals surface area contributed by atoms with E-state index in [0.717, 1.165) is 0 Å². The normalized spacial score (nSPS) is 13.3. The van der Waals surface area contributed by atoms with E-state index in [1.807, 2.05) is 6.92 Å². The molecule has 0 aromatic carbocycles. The summed E-state index contributed by atoms with van der Waals surface area (Å²) in [5.41, 5.74) is 5.43. The van der Waals surface area contributed by atoms with Gasteiger partial charge in [0.25, 0.3) is 0 Å². The zero-order chi connectivity index (χ0) is 13.9. The molecule has 2 rings (SSSR count). The highest BCUT2D eigenvalue weighted by Gasteiger charge is 2.21. The van der Waals surface area contributed by atoms with Gasteiger partial charge >= 0.3 is 0 Å². The summed E-state index contributed by atoms with van der Waals surface area (Å²) in [6.45, 7) is 1.87. The molecule has 2 aromatic heterocycles. The van der Waals surface area contributed by atoms with Crippen LogP contribution in [0.15, 0.2) is 35.6 Å². The van der Waals surface area contributed by atoms with E-state index < -0.39 is 16.1 Å². The third kappa shape index (κ3) is 3.09. The highest BCUT2D eigenvalue weighted by atomic mass is 32.2. The summed E-state index contributed by atoms with van der Waals surface area (Å²) < 4.78 is 26.9. The van der Waals surface area contributed by atoms with E-state index in [9.17, 15) is 8.42 Å². The first-order valence-corrected chi connectivity index (χ1v) is 7.24. The van der Waals surface area contributed by atoms with Gasteiger partial charge in [-0.1, -0.05) is 6.92 Å². The number of nitrogens with two attached hydrogens (primary N) is 1. The Kier molecular flexibility index (Phi) is 3.82. The molecule has 0 amide bonds. The van der Waals surface area contributed by atoms with Crippen LogP contribution in [0.4, 0.5) is 5.82 Å². The maximum Gasteiger partial charge on any atom is 0.242 e. The van der Waals surface area contributed by atoms with Gasteiger partial charge in [0.05, 0.1) is 6.04 Å². The van der Waals surface area contributed by atoms with Crippen LogP contribution >= 0.6 is 0 Å². The van der Waals surface area contributed by atoms with Gasteiger partial charge in [0, 0.05) is 18.6 Å². The number of pyridine rings is 1. The smallest absolute Gasteiger partial charge is 0.242 e. The molecule has 19 heavy (non-hydrogen) atoms. The Bertz CT molecular complexity index is 622. The minimum Gasteiger partial charge on any atom is -0.384 e. The number of hydrogen-bond acceptors (Lipinski definition) is 5. The number of hydrogen-bond donors (Lipinski definition) is 3. The molecule has 8 heteroatoms. The number of imidazole rings is 1. The zero-order valence-electron chi connectivity index (χ0n) is 10.4. The van der Waals surface area contributed by atoms with Crippen LogP contribution in [0, 0.1) is 0 Å². The molecule has 0 aliphatic rings. The molecule has 0 spiro atoms. The monoisotopic (exact) mass is 281 g/mol. The molecular formula is C11H15N5O2S. The van der Waals surface area contributed by atoms with E-state index in [0.29, 0.717) is 12.2 Å². The molecule has 1 unspecified atom stereocenters. The van der Waals surface area contributed by atoms with Crippen molar-refractivity contribution < 1.29 is 8.42 Å². The number of H-pyrrole nitrogens is 1. The van der Waals surface area contributed by atoms with Crippen molar-refractivity contribution in [1.82, 2.24) is 19.7 Å². The van der Waals surface area contributed by atoms with E-state index in [1.54, 1.807) is 12.4 Å². The highest BCUT2D eigenvalue weighted by molar-refractivity contribution is 7.89. The maximum atomic E-state index is 12.2. The van der Waals surface area contributed by atoms with Crippen LogP contribution in [-0.4, -0.2) is 23.4 Å². The fraction of sp³-hybridized carbons (Fsp3) is 0.273. The molecule has 4 N–H and O–H groups in total. The van der Waals surface area contributed by atoms with Crippen molar-refractivity contribution in [2.24, 2.45) is 0 Å². The number of sulfonamides is 1. The average Bonchev–Trinajstić information content (AvgIpc) is 2.90. The van der Waals surface area contributed by atoms with E-state index in [4.69, 9.17) is 5.73 Å². The third-order valence-corrected chi connectivity index (χ3v) is 4.08. The molecule has 0 fully saturated rings. The van der Waals surface area contributed by atoms with Crippen molar-refractivity contribution in [3.8, 4) is 0 Å². The zero-order valence-corrected chi connectivity index (χ0v) is 11.2. The standard InChI is InChI=1S/C11H15N5O2S/c1-2-9(11-13-5-6-14-11)16-19(17,18)8-3-4-10(12)15-7-8/h3-7,9,16H,2H2,1H3,(H2,12,15)(H,13,14). The summed E-state index contributed by atoms with van der Waals surface area (Å²) in [7, 11) is -3.64. The fourth-order valence-electron chi connectivity index (χ4n) is 1.61. The summed E-state index contributed by atoms with van der Waals surface area (Å²) in [5, 5.41) is 0. The van der Waals surface area contributed by atoms with E-state index in [1.165, 1.54) is 18.3 Å². The first-order valence-electron chi connectivity index (χ1n) is 5.76. The molecule has 1 atom stereocenters. The Morgan fingerprint density at radius 2 is 2.21 bits per heavy atom. The third-order valence-electron chi connectivity index (χ3n) is 2.62. The molecular weight excluding hydrogens is 266 g/mol. The molecule has 0 bridgehead atoms. The van der Waals surface area contributed by atoms with Gasteiger partial charge in [0.15, 0.2) is 0 Å². The van der Waals surface area contributed by atoms with E-state index >= 15 is 0 Å². The maximum absolute atomic E-state index is 12.2. The van der Waals surface area contributed by atoms with Gasteiger partial charge in [-0.2, -0.15) is 0 Å². The summed E-state index contributed by atoms with van der Waals surface area (Å²) in [5.74, 6) is 0.853. The van der Waals surface area contributed by atoms with Gasteiger partial charge in [-0.25, -0.2) is 23.1 Å². The Hall–Kier alpha value is -1.93. The minimum atomic E-state index is -3.64. The van der Waals surface area contributed by atoms with Crippen LogP contribution in [0.5, 0.6) is 0 Å². The molecule has 0 saturated heterocycles. The van der Waals surface area contributed by atoms with Crippen molar-refractivity contribution >= 4 is 15.8 Å². The summed E-state index contributed by atoms with van der Waals surface area (Å²) >= 11 is 0. The molecule has 0 aliphatic heterocycles. The fourth-order valence-corrected chi connectivity index (χ4v) is 2.83. The van der Waals surface area contributed by atoms with Gasteiger partial charge in [-0.3, -0.25) is 0 Å². The Labute approximate surface area is 111 Å². The molecule has 0 radical (unpaired) electrons. The van der Waals surface area contributed by atoms with Gasteiger partial charge in [-0.15, -0.1) is 0 Å². The summed E-state index contributed by atoms with van der Waals surface area (Å²) in [6.07, 6.45) is 5.04. The van der Waals surface area contributed by atoms with Crippen molar-refractivity contribution in [2.45, 2.75) is 24.3 Å². The second-order valence-corrected chi connectivity index (χ2v) is 5.69. The topological polar surface area (TPSA) is 114 Å². The van der Waals surface area contributed by atoms with Gasteiger partial charge in [0.2, 0.25) is 10.0 Å². The quantitative estimate of drug-likeness (QED) is 0.750.